The van der Waals surface area contributed by atoms with E-state index in [-0.39, 0.29) is 5.56 Å². The third-order valence-electron chi connectivity index (χ3n) is 2.24. The first-order valence-electron chi connectivity index (χ1n) is 5.12. The molecule has 2 aromatic carbocycles. The maximum atomic E-state index is 10.9. The van der Waals surface area contributed by atoms with E-state index in [1.54, 1.807) is 30.3 Å². The van der Waals surface area contributed by atoms with Gasteiger partial charge in [0, 0.05) is 14.5 Å². The first kappa shape index (κ1) is 14.2. The van der Waals surface area contributed by atoms with Crippen molar-refractivity contribution in [3.05, 3.63) is 56.5 Å². The summed E-state index contributed by atoms with van der Waals surface area (Å²) >= 11 is 14.9. The monoisotopic (exact) mass is 360 g/mol. The minimum atomic E-state index is -1.01. The van der Waals surface area contributed by atoms with Crippen LogP contribution in [0.4, 0.5) is 0 Å². The smallest absolute Gasteiger partial charge is 0.336 e. The topological polar surface area (TPSA) is 46.5 Å². The Hall–Kier alpha value is -1.23. The summed E-state index contributed by atoms with van der Waals surface area (Å²) in [5.41, 5.74) is 0.163. The number of halogens is 3. The fraction of sp³-hybridized carbons (Fsp3) is 0. The zero-order valence-corrected chi connectivity index (χ0v) is 12.5. The second-order valence-corrected chi connectivity index (χ2v) is 5.38. The van der Waals surface area contributed by atoms with Gasteiger partial charge in [0.15, 0.2) is 0 Å². The summed E-state index contributed by atoms with van der Waals surface area (Å²) in [6, 6.07) is 9.41. The quantitative estimate of drug-likeness (QED) is 0.812. The Labute approximate surface area is 127 Å². The van der Waals surface area contributed by atoms with E-state index in [0.717, 1.165) is 0 Å². The molecule has 0 unspecified atom stereocenters. The third-order valence-corrected chi connectivity index (χ3v) is 3.34. The summed E-state index contributed by atoms with van der Waals surface area (Å²) in [4.78, 5) is 10.9. The number of rotatable bonds is 3. The lowest BCUT2D eigenvalue weighted by atomic mass is 10.2. The molecule has 1 N–H and O–H groups in total. The molecule has 2 rings (SSSR count). The molecule has 98 valence electrons. The van der Waals surface area contributed by atoms with Gasteiger partial charge in [-0.15, -0.1) is 0 Å². The Morgan fingerprint density at radius 3 is 2.21 bits per heavy atom. The SMILES string of the molecule is O=C(O)c1ccc(Oc2cc(Cl)cc(Cl)c2)cc1Br. The number of carbonyl (C=O) groups is 1. The van der Waals surface area contributed by atoms with E-state index in [0.29, 0.717) is 26.0 Å². The highest BCUT2D eigenvalue weighted by Crippen LogP contribution is 2.30. The maximum Gasteiger partial charge on any atom is 0.336 e. The van der Waals surface area contributed by atoms with E-state index in [2.05, 4.69) is 15.9 Å². The summed E-state index contributed by atoms with van der Waals surface area (Å²) in [6.45, 7) is 0. The van der Waals surface area contributed by atoms with Crippen LogP contribution in [0.15, 0.2) is 40.9 Å². The minimum absolute atomic E-state index is 0.163. The molecule has 0 aliphatic rings. The van der Waals surface area contributed by atoms with E-state index < -0.39 is 5.97 Å². The van der Waals surface area contributed by atoms with Crippen LogP contribution in [0.5, 0.6) is 11.5 Å². The summed E-state index contributed by atoms with van der Waals surface area (Å²) in [7, 11) is 0. The normalized spacial score (nSPS) is 10.3. The summed E-state index contributed by atoms with van der Waals surface area (Å²) < 4.78 is 6.00. The maximum absolute atomic E-state index is 10.9. The van der Waals surface area contributed by atoms with Crippen molar-refractivity contribution in [2.24, 2.45) is 0 Å². The Bertz CT molecular complexity index is 624. The first-order chi connectivity index (χ1) is 8.95. The van der Waals surface area contributed by atoms with Crippen molar-refractivity contribution >= 4 is 45.1 Å². The number of carboxylic acids is 1. The number of hydrogen-bond acceptors (Lipinski definition) is 2. The van der Waals surface area contributed by atoms with Gasteiger partial charge in [-0.25, -0.2) is 4.79 Å². The second-order valence-electron chi connectivity index (χ2n) is 3.65. The van der Waals surface area contributed by atoms with Gasteiger partial charge in [-0.2, -0.15) is 0 Å². The number of aromatic carboxylic acids is 1. The van der Waals surface area contributed by atoms with Crippen molar-refractivity contribution in [2.45, 2.75) is 0 Å². The Kier molecular flexibility index (Phi) is 4.34. The molecule has 0 aliphatic carbocycles. The first-order valence-corrected chi connectivity index (χ1v) is 6.67. The van der Waals surface area contributed by atoms with E-state index >= 15 is 0 Å². The molecule has 0 heterocycles. The molecule has 19 heavy (non-hydrogen) atoms. The van der Waals surface area contributed by atoms with Crippen LogP contribution in [0.3, 0.4) is 0 Å². The molecule has 0 saturated heterocycles. The van der Waals surface area contributed by atoms with Crippen LogP contribution in [-0.2, 0) is 0 Å². The minimum Gasteiger partial charge on any atom is -0.478 e. The molecule has 0 atom stereocenters. The summed E-state index contributed by atoms with van der Waals surface area (Å²) in [5, 5.41) is 9.84. The predicted octanol–water partition coefficient (Wildman–Crippen LogP) is 5.25. The number of benzene rings is 2. The van der Waals surface area contributed by atoms with Crippen LogP contribution in [0.1, 0.15) is 10.4 Å². The lowest BCUT2D eigenvalue weighted by Gasteiger charge is -2.08. The van der Waals surface area contributed by atoms with Crippen LogP contribution >= 0.6 is 39.1 Å². The average molecular weight is 362 g/mol. The van der Waals surface area contributed by atoms with Crippen molar-refractivity contribution in [1.82, 2.24) is 0 Å². The molecule has 0 aromatic heterocycles. The zero-order chi connectivity index (χ0) is 14.0. The largest absolute Gasteiger partial charge is 0.478 e. The van der Waals surface area contributed by atoms with Crippen molar-refractivity contribution in [3.8, 4) is 11.5 Å². The van der Waals surface area contributed by atoms with Gasteiger partial charge in [0.05, 0.1) is 5.56 Å². The van der Waals surface area contributed by atoms with Crippen molar-refractivity contribution in [1.29, 1.82) is 0 Å². The van der Waals surface area contributed by atoms with Gasteiger partial charge >= 0.3 is 5.97 Å². The van der Waals surface area contributed by atoms with Gasteiger partial charge < -0.3 is 9.84 Å². The van der Waals surface area contributed by atoms with Gasteiger partial charge in [-0.1, -0.05) is 23.2 Å². The molecule has 0 amide bonds. The van der Waals surface area contributed by atoms with Crippen molar-refractivity contribution in [3.63, 3.8) is 0 Å². The summed E-state index contributed by atoms with van der Waals surface area (Å²) in [6.07, 6.45) is 0. The lowest BCUT2D eigenvalue weighted by Crippen LogP contribution is -1.97. The summed E-state index contributed by atoms with van der Waals surface area (Å²) in [5.74, 6) is -0.0492. The highest BCUT2D eigenvalue weighted by molar-refractivity contribution is 9.10. The van der Waals surface area contributed by atoms with Gasteiger partial charge in [-0.05, 0) is 52.3 Å². The van der Waals surface area contributed by atoms with E-state index in [1.807, 2.05) is 0 Å². The fourth-order valence-corrected chi connectivity index (χ4v) is 2.49. The highest BCUT2D eigenvalue weighted by atomic mass is 79.9. The van der Waals surface area contributed by atoms with E-state index in [1.165, 1.54) is 6.07 Å². The Morgan fingerprint density at radius 1 is 1.05 bits per heavy atom. The number of carboxylic acid groups (broad SMARTS) is 1. The van der Waals surface area contributed by atoms with Crippen LogP contribution in [0.25, 0.3) is 0 Å². The zero-order valence-electron chi connectivity index (χ0n) is 9.36. The lowest BCUT2D eigenvalue weighted by molar-refractivity contribution is 0.0696. The molecule has 3 nitrogen and oxygen atoms in total. The molecule has 0 saturated carbocycles. The average Bonchev–Trinajstić information content (AvgIpc) is 2.26. The van der Waals surface area contributed by atoms with Crippen molar-refractivity contribution in [2.75, 3.05) is 0 Å². The molecule has 0 aliphatic heterocycles. The molecular formula is C13H7BrCl2O3. The van der Waals surface area contributed by atoms with Crippen molar-refractivity contribution < 1.29 is 14.6 Å². The highest BCUT2D eigenvalue weighted by Gasteiger charge is 2.09. The predicted molar refractivity (Wildman–Crippen MR) is 77.6 cm³/mol. The number of ether oxygens (including phenoxy) is 1. The van der Waals surface area contributed by atoms with E-state index in [4.69, 9.17) is 33.0 Å². The van der Waals surface area contributed by atoms with Gasteiger partial charge in [-0.3, -0.25) is 0 Å². The standard InChI is InChI=1S/C13H7BrCl2O3/c14-12-6-9(1-2-11(12)13(17)18)19-10-4-7(15)3-8(16)5-10/h1-6H,(H,17,18). The van der Waals surface area contributed by atoms with Crippen LogP contribution in [0.2, 0.25) is 10.0 Å². The third kappa shape index (κ3) is 3.62. The van der Waals surface area contributed by atoms with Gasteiger partial charge in [0.1, 0.15) is 11.5 Å². The fourth-order valence-electron chi connectivity index (χ4n) is 1.46. The van der Waals surface area contributed by atoms with Crippen LogP contribution < -0.4 is 4.74 Å². The Balaban J connectivity index is 2.28. The van der Waals surface area contributed by atoms with Gasteiger partial charge in [0.25, 0.3) is 0 Å². The van der Waals surface area contributed by atoms with Crippen LogP contribution in [0, 0.1) is 0 Å². The molecule has 2 aromatic rings. The molecule has 0 fully saturated rings. The second kappa shape index (κ2) is 5.82. The molecule has 0 bridgehead atoms. The van der Waals surface area contributed by atoms with Gasteiger partial charge in [0.2, 0.25) is 0 Å². The molecule has 0 radical (unpaired) electrons. The molecular weight excluding hydrogens is 355 g/mol. The Morgan fingerprint density at radius 2 is 1.68 bits per heavy atom. The number of hydrogen-bond donors (Lipinski definition) is 1. The van der Waals surface area contributed by atoms with E-state index in [9.17, 15) is 4.79 Å². The molecule has 0 spiro atoms. The molecule has 6 heteroatoms. The van der Waals surface area contributed by atoms with Crippen LogP contribution in [-0.4, -0.2) is 11.1 Å².